The quantitative estimate of drug-likeness (QED) is 0.782. The number of alkyl halides is 3. The summed E-state index contributed by atoms with van der Waals surface area (Å²) in [5, 5.41) is 4.15. The van der Waals surface area contributed by atoms with Gasteiger partial charge in [-0.3, -0.25) is 9.59 Å². The summed E-state index contributed by atoms with van der Waals surface area (Å²) in [6.07, 6.45) is -3.91. The van der Waals surface area contributed by atoms with E-state index < -0.39 is 29.2 Å². The third-order valence-electron chi connectivity index (χ3n) is 3.36. The van der Waals surface area contributed by atoms with Crippen LogP contribution >= 0.6 is 11.6 Å². The van der Waals surface area contributed by atoms with Gasteiger partial charge in [0, 0.05) is 10.7 Å². The number of amides is 2. The number of aryl methyl sites for hydroxylation is 1. The smallest absolute Gasteiger partial charge is 0.318 e. The molecule has 4 nitrogen and oxygen atoms in total. The van der Waals surface area contributed by atoms with Crippen LogP contribution in [0.3, 0.4) is 0 Å². The van der Waals surface area contributed by atoms with Gasteiger partial charge in [-0.25, -0.2) is 0 Å². The maximum atomic E-state index is 13.0. The molecule has 2 aromatic carbocycles. The van der Waals surface area contributed by atoms with Gasteiger partial charge in [0.1, 0.15) is 0 Å². The molecule has 0 aliphatic heterocycles. The molecule has 0 saturated heterocycles. The molecular weight excluding hydrogens is 357 g/mol. The van der Waals surface area contributed by atoms with Crippen LogP contribution in [0.25, 0.3) is 0 Å². The van der Waals surface area contributed by atoms with Gasteiger partial charge in [-0.15, -0.1) is 0 Å². The summed E-state index contributed by atoms with van der Waals surface area (Å²) in [5.74, 6) is -2.29. The van der Waals surface area contributed by atoms with Crippen molar-refractivity contribution in [1.29, 1.82) is 0 Å². The predicted octanol–water partition coefficient (Wildman–Crippen LogP) is 4.50. The van der Waals surface area contributed by atoms with Gasteiger partial charge in [0.2, 0.25) is 0 Å². The van der Waals surface area contributed by atoms with Crippen LogP contribution in [-0.2, 0) is 22.2 Å². The number of halogens is 4. The Morgan fingerprint density at radius 3 is 2.16 bits per heavy atom. The molecule has 0 fully saturated rings. The second-order valence-corrected chi connectivity index (χ2v) is 5.58. The summed E-state index contributed by atoms with van der Waals surface area (Å²) in [6, 6.07) is 9.61. The van der Waals surface area contributed by atoms with E-state index in [4.69, 9.17) is 11.6 Å². The first-order chi connectivity index (χ1) is 11.7. The summed E-state index contributed by atoms with van der Waals surface area (Å²) in [5.41, 5.74) is -0.269. The van der Waals surface area contributed by atoms with Crippen LogP contribution in [0.15, 0.2) is 42.5 Å². The topological polar surface area (TPSA) is 58.2 Å². The summed E-state index contributed by atoms with van der Waals surface area (Å²) < 4.78 is 39.0. The fourth-order valence-electron chi connectivity index (χ4n) is 2.05. The van der Waals surface area contributed by atoms with Gasteiger partial charge in [-0.2, -0.15) is 13.2 Å². The molecule has 0 aliphatic rings. The molecule has 0 unspecified atom stereocenters. The minimum atomic E-state index is -4.72. The number of anilines is 2. The van der Waals surface area contributed by atoms with Gasteiger partial charge < -0.3 is 10.6 Å². The molecule has 0 saturated carbocycles. The Labute approximate surface area is 147 Å². The summed E-state index contributed by atoms with van der Waals surface area (Å²) >= 11 is 5.56. The van der Waals surface area contributed by atoms with Gasteiger partial charge in [-0.1, -0.05) is 30.7 Å². The van der Waals surface area contributed by atoms with Gasteiger partial charge in [0.05, 0.1) is 11.3 Å². The van der Waals surface area contributed by atoms with Crippen molar-refractivity contribution in [3.63, 3.8) is 0 Å². The van der Waals surface area contributed by atoms with Crippen molar-refractivity contribution in [2.45, 2.75) is 19.5 Å². The Balaban J connectivity index is 2.12. The zero-order valence-corrected chi connectivity index (χ0v) is 13.8. The van der Waals surface area contributed by atoms with E-state index in [0.717, 1.165) is 18.1 Å². The van der Waals surface area contributed by atoms with Crippen molar-refractivity contribution >= 4 is 34.8 Å². The molecule has 8 heteroatoms. The van der Waals surface area contributed by atoms with Gasteiger partial charge >= 0.3 is 18.0 Å². The van der Waals surface area contributed by atoms with Crippen molar-refractivity contribution in [3.8, 4) is 0 Å². The molecule has 132 valence electrons. The summed E-state index contributed by atoms with van der Waals surface area (Å²) in [7, 11) is 0. The van der Waals surface area contributed by atoms with E-state index in [0.29, 0.717) is 11.8 Å². The molecule has 0 radical (unpaired) electrons. The third-order valence-corrected chi connectivity index (χ3v) is 3.60. The van der Waals surface area contributed by atoms with Crippen molar-refractivity contribution < 1.29 is 22.8 Å². The largest absolute Gasteiger partial charge is 0.418 e. The van der Waals surface area contributed by atoms with Crippen molar-refractivity contribution in [1.82, 2.24) is 0 Å². The number of carbonyl (C=O) groups is 2. The minimum absolute atomic E-state index is 0.134. The first-order valence-electron chi connectivity index (χ1n) is 7.28. The lowest BCUT2D eigenvalue weighted by atomic mass is 10.1. The van der Waals surface area contributed by atoms with E-state index in [1.807, 2.05) is 12.2 Å². The molecule has 2 amide bonds. The van der Waals surface area contributed by atoms with E-state index in [1.54, 1.807) is 24.3 Å². The highest BCUT2D eigenvalue weighted by atomic mass is 35.5. The molecule has 25 heavy (non-hydrogen) atoms. The summed E-state index contributed by atoms with van der Waals surface area (Å²) in [6.45, 7) is 1.96. The first-order valence-corrected chi connectivity index (χ1v) is 7.66. The van der Waals surface area contributed by atoms with Gasteiger partial charge in [-0.05, 0) is 42.3 Å². The third kappa shape index (κ3) is 4.96. The Morgan fingerprint density at radius 2 is 1.60 bits per heavy atom. The number of carbonyl (C=O) groups excluding carboxylic acids is 2. The highest BCUT2D eigenvalue weighted by Crippen LogP contribution is 2.36. The molecule has 0 atom stereocenters. The van der Waals surface area contributed by atoms with Crippen LogP contribution in [0.5, 0.6) is 0 Å². The van der Waals surface area contributed by atoms with Crippen molar-refractivity contribution in [2.75, 3.05) is 10.6 Å². The highest BCUT2D eigenvalue weighted by Gasteiger charge is 2.34. The van der Waals surface area contributed by atoms with Crippen LogP contribution < -0.4 is 10.6 Å². The van der Waals surface area contributed by atoms with E-state index in [-0.39, 0.29) is 5.02 Å². The Hall–Kier alpha value is -2.54. The lowest BCUT2D eigenvalue weighted by Crippen LogP contribution is -2.30. The molecule has 2 aromatic rings. The highest BCUT2D eigenvalue weighted by molar-refractivity contribution is 6.43. The minimum Gasteiger partial charge on any atom is -0.318 e. The Kier molecular flexibility index (Phi) is 5.69. The van der Waals surface area contributed by atoms with Crippen molar-refractivity contribution in [3.05, 3.63) is 58.6 Å². The van der Waals surface area contributed by atoms with Crippen LogP contribution in [0, 0.1) is 0 Å². The van der Waals surface area contributed by atoms with Crippen LogP contribution in [-0.4, -0.2) is 11.8 Å². The molecule has 0 heterocycles. The lowest BCUT2D eigenvalue weighted by Gasteiger charge is -2.14. The molecule has 0 spiro atoms. The molecule has 0 aliphatic carbocycles. The first kappa shape index (κ1) is 18.8. The average Bonchev–Trinajstić information content (AvgIpc) is 2.56. The van der Waals surface area contributed by atoms with Crippen molar-refractivity contribution in [2.24, 2.45) is 0 Å². The van der Waals surface area contributed by atoms with Gasteiger partial charge in [0.15, 0.2) is 0 Å². The normalized spacial score (nSPS) is 11.1. The molecule has 0 bridgehead atoms. The maximum absolute atomic E-state index is 13.0. The van der Waals surface area contributed by atoms with Crippen LogP contribution in [0.4, 0.5) is 24.5 Å². The average molecular weight is 371 g/mol. The monoisotopic (exact) mass is 370 g/mol. The molecular formula is C17H14ClF3N2O2. The summed E-state index contributed by atoms with van der Waals surface area (Å²) in [4.78, 5) is 23.7. The van der Waals surface area contributed by atoms with E-state index in [9.17, 15) is 22.8 Å². The zero-order chi connectivity index (χ0) is 18.6. The van der Waals surface area contributed by atoms with Gasteiger partial charge in [0.25, 0.3) is 0 Å². The number of rotatable bonds is 3. The number of hydrogen-bond acceptors (Lipinski definition) is 2. The Morgan fingerprint density at radius 1 is 1.00 bits per heavy atom. The van der Waals surface area contributed by atoms with Crippen LogP contribution in [0.2, 0.25) is 5.02 Å². The fourth-order valence-corrected chi connectivity index (χ4v) is 2.22. The number of hydrogen-bond donors (Lipinski definition) is 2. The Bertz CT molecular complexity index is 789. The van der Waals surface area contributed by atoms with E-state index in [2.05, 4.69) is 5.32 Å². The van der Waals surface area contributed by atoms with E-state index in [1.165, 1.54) is 6.07 Å². The lowest BCUT2D eigenvalue weighted by molar-refractivity contribution is -0.137. The SMILES string of the molecule is CCc1ccc(NC(=O)C(=O)Nc2ccc(Cl)cc2C(F)(F)F)cc1. The fraction of sp³-hybridized carbons (Fsp3) is 0.176. The zero-order valence-electron chi connectivity index (χ0n) is 13.1. The van der Waals surface area contributed by atoms with E-state index >= 15 is 0 Å². The van der Waals surface area contributed by atoms with Crippen LogP contribution in [0.1, 0.15) is 18.1 Å². The second-order valence-electron chi connectivity index (χ2n) is 5.15. The predicted molar refractivity (Wildman–Crippen MR) is 89.5 cm³/mol. The standard InChI is InChI=1S/C17H14ClF3N2O2/c1-2-10-3-6-12(7-4-10)22-15(24)16(25)23-14-8-5-11(18)9-13(14)17(19,20)21/h3-9H,2H2,1H3,(H,22,24)(H,23,25). The molecule has 0 aromatic heterocycles. The number of benzene rings is 2. The maximum Gasteiger partial charge on any atom is 0.418 e. The number of nitrogens with one attached hydrogen (secondary N) is 2. The molecule has 2 rings (SSSR count). The molecule has 2 N–H and O–H groups in total. The second kappa shape index (κ2) is 7.57.